The average molecular weight is 295 g/mol. The maximum atomic E-state index is 11.8. The van der Waals surface area contributed by atoms with Gasteiger partial charge in [-0.15, -0.1) is 0 Å². The summed E-state index contributed by atoms with van der Waals surface area (Å²) in [4.78, 5) is 22.7. The van der Waals surface area contributed by atoms with E-state index in [0.29, 0.717) is 17.7 Å². The number of benzene rings is 1. The first-order chi connectivity index (χ1) is 9.58. The number of carbonyl (C=O) groups excluding carboxylic acids is 2. The van der Waals surface area contributed by atoms with Gasteiger partial charge in [0, 0.05) is 5.56 Å². The minimum absolute atomic E-state index is 0.126. The fourth-order valence-corrected chi connectivity index (χ4v) is 1.93. The lowest BCUT2D eigenvalue weighted by molar-refractivity contribution is -0.121. The maximum absolute atomic E-state index is 11.8. The summed E-state index contributed by atoms with van der Waals surface area (Å²) >= 11 is 5.37. The Morgan fingerprint density at radius 3 is 2.45 bits per heavy atom. The molecule has 0 saturated carbocycles. The topological polar surface area (TPSA) is 43.4 Å². The zero-order valence-electron chi connectivity index (χ0n) is 11.6. The van der Waals surface area contributed by atoms with Crippen LogP contribution in [0.25, 0.3) is 0 Å². The smallest absolute Gasteiger partial charge is 0.252 e. The molecule has 1 aromatic carbocycles. The molecule has 0 aliphatic rings. The van der Waals surface area contributed by atoms with E-state index in [1.165, 1.54) is 6.08 Å². The van der Waals surface area contributed by atoms with E-state index in [1.54, 1.807) is 24.3 Å². The Kier molecular flexibility index (Phi) is 7.02. The molecular weight excluding hydrogens is 276 g/mol. The van der Waals surface area contributed by atoms with Gasteiger partial charge in [-0.05, 0) is 54.8 Å². The molecule has 0 fully saturated rings. The highest BCUT2D eigenvalue weighted by Crippen LogP contribution is 2.18. The van der Waals surface area contributed by atoms with Crippen molar-refractivity contribution in [1.82, 2.24) is 0 Å². The summed E-state index contributed by atoms with van der Waals surface area (Å²) in [5, 5.41) is -0.516. The SMILES string of the molecule is C=CC(=O)C(CCCCC)Oc1ccc(C(=O)Cl)cc1. The van der Waals surface area contributed by atoms with Crippen LogP contribution in [0.1, 0.15) is 43.0 Å². The Morgan fingerprint density at radius 2 is 1.95 bits per heavy atom. The van der Waals surface area contributed by atoms with Crippen molar-refractivity contribution in [2.75, 3.05) is 0 Å². The summed E-state index contributed by atoms with van der Waals surface area (Å²) < 4.78 is 5.67. The Labute approximate surface area is 124 Å². The molecule has 20 heavy (non-hydrogen) atoms. The number of hydrogen-bond donors (Lipinski definition) is 0. The molecule has 1 rings (SSSR count). The lowest BCUT2D eigenvalue weighted by Crippen LogP contribution is -2.25. The van der Waals surface area contributed by atoms with E-state index in [2.05, 4.69) is 13.5 Å². The maximum Gasteiger partial charge on any atom is 0.252 e. The predicted molar refractivity (Wildman–Crippen MR) is 80.4 cm³/mol. The Morgan fingerprint density at radius 1 is 1.30 bits per heavy atom. The molecule has 0 radical (unpaired) electrons. The monoisotopic (exact) mass is 294 g/mol. The van der Waals surface area contributed by atoms with Gasteiger partial charge in [0.2, 0.25) is 0 Å². The minimum Gasteiger partial charge on any atom is -0.482 e. The van der Waals surface area contributed by atoms with Crippen molar-refractivity contribution in [3.8, 4) is 5.75 Å². The third kappa shape index (κ3) is 5.17. The summed E-state index contributed by atoms with van der Waals surface area (Å²) in [5.41, 5.74) is 0.400. The second-order valence-corrected chi connectivity index (χ2v) is 4.85. The van der Waals surface area contributed by atoms with Gasteiger partial charge in [0.15, 0.2) is 11.9 Å². The summed E-state index contributed by atoms with van der Waals surface area (Å²) in [7, 11) is 0. The summed E-state index contributed by atoms with van der Waals surface area (Å²) in [6, 6.07) is 6.43. The highest BCUT2D eigenvalue weighted by molar-refractivity contribution is 6.67. The predicted octanol–water partition coefficient (Wildman–Crippen LogP) is 4.15. The van der Waals surface area contributed by atoms with Gasteiger partial charge in [0.05, 0.1) is 0 Å². The van der Waals surface area contributed by atoms with Crippen molar-refractivity contribution in [2.24, 2.45) is 0 Å². The molecule has 0 aromatic heterocycles. The normalized spacial score (nSPS) is 11.7. The first-order valence-electron chi connectivity index (χ1n) is 6.71. The number of rotatable bonds is 9. The van der Waals surface area contributed by atoms with Crippen LogP contribution in [0.2, 0.25) is 0 Å². The molecule has 1 atom stereocenters. The molecule has 3 nitrogen and oxygen atoms in total. The molecule has 0 bridgehead atoms. The fourth-order valence-electron chi connectivity index (χ4n) is 1.80. The standard InChI is InChI=1S/C16H19ClO3/c1-3-5-6-7-15(14(18)4-2)20-13-10-8-12(9-11-13)16(17)19/h4,8-11,15H,2-3,5-7H2,1H3. The molecule has 4 heteroatoms. The lowest BCUT2D eigenvalue weighted by Gasteiger charge is -2.16. The van der Waals surface area contributed by atoms with Gasteiger partial charge >= 0.3 is 0 Å². The van der Waals surface area contributed by atoms with Crippen molar-refractivity contribution < 1.29 is 14.3 Å². The van der Waals surface area contributed by atoms with Gasteiger partial charge in [0.1, 0.15) is 5.75 Å². The number of carbonyl (C=O) groups is 2. The molecule has 0 heterocycles. The van der Waals surface area contributed by atoms with Crippen molar-refractivity contribution in [1.29, 1.82) is 0 Å². The minimum atomic E-state index is -0.517. The van der Waals surface area contributed by atoms with E-state index < -0.39 is 11.3 Å². The van der Waals surface area contributed by atoms with Crippen LogP contribution >= 0.6 is 11.6 Å². The van der Waals surface area contributed by atoms with E-state index in [1.807, 2.05) is 0 Å². The van der Waals surface area contributed by atoms with Crippen LogP contribution in [-0.2, 0) is 4.79 Å². The van der Waals surface area contributed by atoms with E-state index in [0.717, 1.165) is 19.3 Å². The average Bonchev–Trinajstić information content (AvgIpc) is 2.46. The number of ether oxygens (including phenoxy) is 1. The van der Waals surface area contributed by atoms with E-state index in [-0.39, 0.29) is 5.78 Å². The van der Waals surface area contributed by atoms with Gasteiger partial charge in [-0.2, -0.15) is 0 Å². The van der Waals surface area contributed by atoms with Crippen molar-refractivity contribution >= 4 is 22.6 Å². The summed E-state index contributed by atoms with van der Waals surface area (Å²) in [6.45, 7) is 5.60. The van der Waals surface area contributed by atoms with E-state index in [4.69, 9.17) is 16.3 Å². The van der Waals surface area contributed by atoms with E-state index in [9.17, 15) is 9.59 Å². The number of hydrogen-bond acceptors (Lipinski definition) is 3. The van der Waals surface area contributed by atoms with Crippen molar-refractivity contribution in [3.05, 3.63) is 42.5 Å². The molecule has 0 spiro atoms. The highest BCUT2D eigenvalue weighted by Gasteiger charge is 2.17. The molecule has 0 amide bonds. The Hall–Kier alpha value is -1.61. The Balaban J connectivity index is 2.70. The fraction of sp³-hybridized carbons (Fsp3) is 0.375. The van der Waals surface area contributed by atoms with Gasteiger partial charge < -0.3 is 4.74 Å². The molecular formula is C16H19ClO3. The van der Waals surface area contributed by atoms with Crippen LogP contribution in [0.15, 0.2) is 36.9 Å². The van der Waals surface area contributed by atoms with Gasteiger partial charge in [-0.3, -0.25) is 9.59 Å². The summed E-state index contributed by atoms with van der Waals surface area (Å²) in [5.74, 6) is 0.418. The first-order valence-corrected chi connectivity index (χ1v) is 7.09. The molecule has 0 aliphatic carbocycles. The molecule has 0 saturated heterocycles. The molecule has 1 aromatic rings. The van der Waals surface area contributed by atoms with Crippen LogP contribution in [-0.4, -0.2) is 17.1 Å². The molecule has 1 unspecified atom stereocenters. The van der Waals surface area contributed by atoms with Crippen LogP contribution in [0.3, 0.4) is 0 Å². The van der Waals surface area contributed by atoms with Crippen LogP contribution in [0.4, 0.5) is 0 Å². The third-order valence-electron chi connectivity index (χ3n) is 2.95. The molecule has 0 aliphatic heterocycles. The quantitative estimate of drug-likeness (QED) is 0.390. The number of unbranched alkanes of at least 4 members (excludes halogenated alkanes) is 2. The van der Waals surface area contributed by atoms with Crippen LogP contribution < -0.4 is 4.74 Å². The van der Waals surface area contributed by atoms with Crippen LogP contribution in [0.5, 0.6) is 5.75 Å². The zero-order valence-corrected chi connectivity index (χ0v) is 12.4. The molecule has 108 valence electrons. The third-order valence-corrected chi connectivity index (χ3v) is 3.17. The second kappa shape index (κ2) is 8.54. The lowest BCUT2D eigenvalue weighted by atomic mass is 10.1. The number of ketones is 1. The van der Waals surface area contributed by atoms with Crippen LogP contribution in [0, 0.1) is 0 Å². The number of halogens is 1. The van der Waals surface area contributed by atoms with Crippen molar-refractivity contribution in [2.45, 2.75) is 38.7 Å². The highest BCUT2D eigenvalue weighted by atomic mass is 35.5. The molecule has 0 N–H and O–H groups in total. The largest absolute Gasteiger partial charge is 0.482 e. The van der Waals surface area contributed by atoms with Gasteiger partial charge in [-0.25, -0.2) is 0 Å². The van der Waals surface area contributed by atoms with Crippen molar-refractivity contribution in [3.63, 3.8) is 0 Å². The second-order valence-electron chi connectivity index (χ2n) is 4.51. The Bertz CT molecular complexity index is 465. The van der Waals surface area contributed by atoms with Gasteiger partial charge in [-0.1, -0.05) is 26.3 Å². The first kappa shape index (κ1) is 16.4. The van der Waals surface area contributed by atoms with Gasteiger partial charge in [0.25, 0.3) is 5.24 Å². The zero-order chi connectivity index (χ0) is 15.0. The van der Waals surface area contributed by atoms with E-state index >= 15 is 0 Å². The summed E-state index contributed by atoms with van der Waals surface area (Å²) in [6.07, 6.45) is 4.50.